The summed E-state index contributed by atoms with van der Waals surface area (Å²) < 4.78 is 5.01. The zero-order valence-corrected chi connectivity index (χ0v) is 20.5. The summed E-state index contributed by atoms with van der Waals surface area (Å²) in [5.41, 5.74) is 3.47. The molecule has 0 spiro atoms. The summed E-state index contributed by atoms with van der Waals surface area (Å²) in [6.45, 7) is 4.49. The van der Waals surface area contributed by atoms with Crippen molar-refractivity contribution >= 4 is 29.3 Å². The standard InChI is InChI=1S/C29H30N2O5/c1-3-31(4-2)29(35)24-11-8-12-25(19-24)30-27(33)20-36-28(34)18-17-26(32)23-15-13-22(14-16-23)21-9-6-5-7-10-21/h5-16,19H,3-4,17-18,20H2,1-2H3,(H,30,33). The summed E-state index contributed by atoms with van der Waals surface area (Å²) in [5, 5.41) is 2.62. The van der Waals surface area contributed by atoms with Crippen LogP contribution >= 0.6 is 0 Å². The van der Waals surface area contributed by atoms with Crippen LogP contribution in [0.5, 0.6) is 0 Å². The maximum Gasteiger partial charge on any atom is 0.306 e. The summed E-state index contributed by atoms with van der Waals surface area (Å²) in [5.74, 6) is -1.46. The van der Waals surface area contributed by atoms with Crippen LogP contribution in [0.1, 0.15) is 47.4 Å². The van der Waals surface area contributed by atoms with Gasteiger partial charge in [-0.3, -0.25) is 19.2 Å². The van der Waals surface area contributed by atoms with E-state index in [-0.39, 0.29) is 24.5 Å². The van der Waals surface area contributed by atoms with E-state index in [1.165, 1.54) is 0 Å². The van der Waals surface area contributed by atoms with Crippen LogP contribution in [0.3, 0.4) is 0 Å². The van der Waals surface area contributed by atoms with Gasteiger partial charge in [0.2, 0.25) is 0 Å². The first kappa shape index (κ1) is 26.3. The number of ketones is 1. The molecule has 0 saturated carbocycles. The highest BCUT2D eigenvalue weighted by Gasteiger charge is 2.15. The summed E-state index contributed by atoms with van der Waals surface area (Å²) in [4.78, 5) is 50.9. The van der Waals surface area contributed by atoms with Crippen molar-refractivity contribution in [3.05, 3.63) is 90.0 Å². The van der Waals surface area contributed by atoms with Crippen molar-refractivity contribution in [1.82, 2.24) is 4.90 Å². The molecule has 0 aliphatic heterocycles. The fourth-order valence-corrected chi connectivity index (χ4v) is 3.68. The lowest BCUT2D eigenvalue weighted by molar-refractivity contribution is -0.147. The molecule has 0 saturated heterocycles. The molecule has 3 rings (SSSR count). The second-order valence-corrected chi connectivity index (χ2v) is 8.13. The number of rotatable bonds is 11. The highest BCUT2D eigenvalue weighted by molar-refractivity contribution is 5.99. The van der Waals surface area contributed by atoms with Crippen LogP contribution in [-0.2, 0) is 14.3 Å². The first-order valence-corrected chi connectivity index (χ1v) is 11.9. The normalized spacial score (nSPS) is 10.4. The number of esters is 1. The molecule has 0 unspecified atom stereocenters. The molecule has 3 aromatic rings. The lowest BCUT2D eigenvalue weighted by Gasteiger charge is -2.19. The Hall–Kier alpha value is -4.26. The van der Waals surface area contributed by atoms with Gasteiger partial charge in [0.1, 0.15) is 0 Å². The molecule has 0 aromatic heterocycles. The molecule has 36 heavy (non-hydrogen) atoms. The van der Waals surface area contributed by atoms with E-state index in [1.807, 2.05) is 56.3 Å². The Morgan fingerprint density at radius 1 is 0.750 bits per heavy atom. The van der Waals surface area contributed by atoms with Crippen molar-refractivity contribution in [3.63, 3.8) is 0 Å². The van der Waals surface area contributed by atoms with Crippen molar-refractivity contribution in [1.29, 1.82) is 0 Å². The third-order valence-electron chi connectivity index (χ3n) is 5.68. The Kier molecular flexibility index (Phi) is 9.51. The van der Waals surface area contributed by atoms with E-state index < -0.39 is 18.5 Å². The molecule has 186 valence electrons. The average molecular weight is 487 g/mol. The topological polar surface area (TPSA) is 92.8 Å². The molecule has 0 bridgehead atoms. The van der Waals surface area contributed by atoms with Gasteiger partial charge in [0.25, 0.3) is 11.8 Å². The molecule has 0 atom stereocenters. The van der Waals surface area contributed by atoms with Crippen molar-refractivity contribution in [2.75, 3.05) is 25.0 Å². The minimum absolute atomic E-state index is 0.0132. The first-order chi connectivity index (χ1) is 17.4. The number of ether oxygens (including phenoxy) is 1. The lowest BCUT2D eigenvalue weighted by Crippen LogP contribution is -2.30. The molecule has 0 aliphatic carbocycles. The van der Waals surface area contributed by atoms with Gasteiger partial charge >= 0.3 is 5.97 Å². The number of carbonyl (C=O) groups excluding carboxylic acids is 4. The number of Topliss-reactive ketones (excluding diaryl/α,β-unsaturated/α-hetero) is 1. The van der Waals surface area contributed by atoms with Gasteiger partial charge in [0.15, 0.2) is 12.4 Å². The lowest BCUT2D eigenvalue weighted by atomic mass is 10.0. The van der Waals surface area contributed by atoms with Gasteiger partial charge < -0.3 is 15.0 Å². The Morgan fingerprint density at radius 2 is 1.42 bits per heavy atom. The number of hydrogen-bond acceptors (Lipinski definition) is 5. The van der Waals surface area contributed by atoms with E-state index in [4.69, 9.17) is 4.74 Å². The molecule has 1 N–H and O–H groups in total. The van der Waals surface area contributed by atoms with Crippen molar-refractivity contribution < 1.29 is 23.9 Å². The molecule has 2 amide bonds. The molecule has 7 heteroatoms. The van der Waals surface area contributed by atoms with E-state index in [0.29, 0.717) is 29.9 Å². The Bertz CT molecular complexity index is 1200. The molecule has 0 fully saturated rings. The number of nitrogens with one attached hydrogen (secondary N) is 1. The average Bonchev–Trinajstić information content (AvgIpc) is 2.92. The van der Waals surface area contributed by atoms with Gasteiger partial charge in [-0.1, -0.05) is 60.7 Å². The summed E-state index contributed by atoms with van der Waals surface area (Å²) >= 11 is 0. The summed E-state index contributed by atoms with van der Waals surface area (Å²) in [6, 6.07) is 23.6. The minimum atomic E-state index is -0.634. The summed E-state index contributed by atoms with van der Waals surface area (Å²) in [6.07, 6.45) is -0.138. The monoisotopic (exact) mass is 486 g/mol. The third-order valence-corrected chi connectivity index (χ3v) is 5.68. The van der Waals surface area contributed by atoms with Gasteiger partial charge in [0, 0.05) is 36.3 Å². The number of hydrogen-bond donors (Lipinski definition) is 1. The predicted octanol–water partition coefficient (Wildman–Crippen LogP) is 4.98. The fourth-order valence-electron chi connectivity index (χ4n) is 3.68. The van der Waals surface area contributed by atoms with E-state index in [0.717, 1.165) is 11.1 Å². The third kappa shape index (κ3) is 7.37. The number of amides is 2. The zero-order chi connectivity index (χ0) is 25.9. The fraction of sp³-hybridized carbons (Fsp3) is 0.241. The predicted molar refractivity (Wildman–Crippen MR) is 139 cm³/mol. The Morgan fingerprint density at radius 3 is 2.08 bits per heavy atom. The molecule has 0 heterocycles. The zero-order valence-electron chi connectivity index (χ0n) is 20.5. The van der Waals surface area contributed by atoms with Gasteiger partial charge in [-0.05, 0) is 43.2 Å². The van der Waals surface area contributed by atoms with E-state index >= 15 is 0 Å². The maximum absolute atomic E-state index is 12.5. The molecule has 0 aliphatic rings. The van der Waals surface area contributed by atoms with Gasteiger partial charge in [-0.2, -0.15) is 0 Å². The quantitative estimate of drug-likeness (QED) is 0.305. The van der Waals surface area contributed by atoms with Crippen LogP contribution in [0.25, 0.3) is 11.1 Å². The van der Waals surface area contributed by atoms with E-state index in [1.54, 1.807) is 41.3 Å². The number of benzene rings is 3. The van der Waals surface area contributed by atoms with Crippen LogP contribution in [-0.4, -0.2) is 48.2 Å². The van der Waals surface area contributed by atoms with Gasteiger partial charge in [-0.25, -0.2) is 0 Å². The second-order valence-electron chi connectivity index (χ2n) is 8.13. The van der Waals surface area contributed by atoms with Crippen molar-refractivity contribution in [2.45, 2.75) is 26.7 Å². The Labute approximate surface area is 211 Å². The van der Waals surface area contributed by atoms with E-state index in [9.17, 15) is 19.2 Å². The van der Waals surface area contributed by atoms with Crippen molar-refractivity contribution in [3.8, 4) is 11.1 Å². The van der Waals surface area contributed by atoms with Gasteiger partial charge in [-0.15, -0.1) is 0 Å². The first-order valence-electron chi connectivity index (χ1n) is 11.9. The highest BCUT2D eigenvalue weighted by atomic mass is 16.5. The number of anilines is 1. The molecule has 0 radical (unpaired) electrons. The minimum Gasteiger partial charge on any atom is -0.456 e. The molecule has 7 nitrogen and oxygen atoms in total. The number of nitrogens with zero attached hydrogens (tertiary/aromatic N) is 1. The van der Waals surface area contributed by atoms with Crippen LogP contribution in [0.15, 0.2) is 78.9 Å². The molecular weight excluding hydrogens is 456 g/mol. The van der Waals surface area contributed by atoms with E-state index in [2.05, 4.69) is 5.32 Å². The maximum atomic E-state index is 12.5. The Balaban J connectivity index is 1.44. The van der Waals surface area contributed by atoms with Crippen LogP contribution in [0, 0.1) is 0 Å². The molecular formula is C29H30N2O5. The van der Waals surface area contributed by atoms with Crippen LogP contribution in [0.4, 0.5) is 5.69 Å². The number of carbonyl (C=O) groups is 4. The SMILES string of the molecule is CCN(CC)C(=O)c1cccc(NC(=O)COC(=O)CCC(=O)c2ccc(-c3ccccc3)cc2)c1. The molecule has 3 aromatic carbocycles. The van der Waals surface area contributed by atoms with Crippen molar-refractivity contribution in [2.24, 2.45) is 0 Å². The smallest absolute Gasteiger partial charge is 0.306 e. The van der Waals surface area contributed by atoms with Crippen LogP contribution < -0.4 is 5.32 Å². The van der Waals surface area contributed by atoms with Crippen LogP contribution in [0.2, 0.25) is 0 Å². The summed E-state index contributed by atoms with van der Waals surface area (Å²) in [7, 11) is 0. The second kappa shape index (κ2) is 13.0. The largest absolute Gasteiger partial charge is 0.456 e. The highest BCUT2D eigenvalue weighted by Crippen LogP contribution is 2.20. The van der Waals surface area contributed by atoms with Gasteiger partial charge in [0.05, 0.1) is 6.42 Å².